The van der Waals surface area contributed by atoms with Crippen molar-refractivity contribution < 1.29 is 19.1 Å². The summed E-state index contributed by atoms with van der Waals surface area (Å²) < 4.78 is 10.7. The molecule has 2 amide bonds. The number of carbonyl (C=O) groups is 2. The normalized spacial score (nSPS) is 19.2. The van der Waals surface area contributed by atoms with Crippen molar-refractivity contribution in [3.63, 3.8) is 0 Å². The van der Waals surface area contributed by atoms with Gasteiger partial charge >= 0.3 is 0 Å². The molecule has 0 N–H and O–H groups in total. The van der Waals surface area contributed by atoms with Gasteiger partial charge in [-0.2, -0.15) is 0 Å². The number of anilines is 2. The van der Waals surface area contributed by atoms with Crippen LogP contribution >= 0.6 is 0 Å². The van der Waals surface area contributed by atoms with Crippen LogP contribution < -0.4 is 19.3 Å². The summed E-state index contributed by atoms with van der Waals surface area (Å²) in [5.41, 5.74) is 1.85. The lowest BCUT2D eigenvalue weighted by atomic mass is 10.1. The topological polar surface area (TPSA) is 62.3 Å². The van der Waals surface area contributed by atoms with Gasteiger partial charge in [-0.1, -0.05) is 18.2 Å². The standard InChI is InChI=1S/C23H27N3O4/c1-29-19-8-9-20(21(15-19)30-2)26-16-17(14-22(26)27)23(28)25-12-10-24(11-13-25)18-6-4-3-5-7-18/h3-9,15,17H,10-14,16H2,1-2H3/t17-/m0/s1. The minimum atomic E-state index is -0.326. The zero-order chi connectivity index (χ0) is 21.1. The van der Waals surface area contributed by atoms with Crippen LogP contribution in [0.2, 0.25) is 0 Å². The van der Waals surface area contributed by atoms with Crippen LogP contribution in [-0.2, 0) is 9.59 Å². The van der Waals surface area contributed by atoms with Crippen LogP contribution in [0.4, 0.5) is 11.4 Å². The Bertz CT molecular complexity index is 910. The van der Waals surface area contributed by atoms with Crippen LogP contribution in [0.3, 0.4) is 0 Å². The molecule has 0 unspecified atom stereocenters. The van der Waals surface area contributed by atoms with Crippen LogP contribution in [0.5, 0.6) is 11.5 Å². The Kier molecular flexibility index (Phi) is 5.79. The summed E-state index contributed by atoms with van der Waals surface area (Å²) in [5, 5.41) is 0. The van der Waals surface area contributed by atoms with Gasteiger partial charge in [0.2, 0.25) is 11.8 Å². The predicted octanol–water partition coefficient (Wildman–Crippen LogP) is 2.41. The zero-order valence-corrected chi connectivity index (χ0v) is 17.4. The fourth-order valence-electron chi connectivity index (χ4n) is 4.20. The molecule has 4 rings (SSSR count). The Hall–Kier alpha value is -3.22. The number of amides is 2. The van der Waals surface area contributed by atoms with Crippen molar-refractivity contribution >= 4 is 23.2 Å². The first kappa shape index (κ1) is 20.1. The second kappa shape index (κ2) is 8.65. The molecule has 158 valence electrons. The molecule has 2 heterocycles. The average Bonchev–Trinajstić information content (AvgIpc) is 3.20. The number of benzene rings is 2. The van der Waals surface area contributed by atoms with Gasteiger partial charge in [-0.15, -0.1) is 0 Å². The summed E-state index contributed by atoms with van der Waals surface area (Å²) in [7, 11) is 3.15. The van der Waals surface area contributed by atoms with Gasteiger partial charge in [-0.25, -0.2) is 0 Å². The van der Waals surface area contributed by atoms with E-state index in [1.165, 1.54) is 5.69 Å². The number of nitrogens with zero attached hydrogens (tertiary/aromatic N) is 3. The van der Waals surface area contributed by atoms with Gasteiger partial charge in [0.15, 0.2) is 0 Å². The molecule has 2 aliphatic rings. The third kappa shape index (κ3) is 3.92. The summed E-state index contributed by atoms with van der Waals surface area (Å²) in [6.45, 7) is 3.31. The van der Waals surface area contributed by atoms with Crippen molar-refractivity contribution in [3.8, 4) is 11.5 Å². The number of ether oxygens (including phenoxy) is 2. The molecule has 2 aromatic rings. The second-order valence-corrected chi connectivity index (χ2v) is 7.59. The van der Waals surface area contributed by atoms with Gasteiger partial charge in [-0.05, 0) is 24.3 Å². The second-order valence-electron chi connectivity index (χ2n) is 7.59. The highest BCUT2D eigenvalue weighted by molar-refractivity contribution is 6.01. The maximum absolute atomic E-state index is 13.1. The van der Waals surface area contributed by atoms with Crippen molar-refractivity contribution in [2.24, 2.45) is 5.92 Å². The van der Waals surface area contributed by atoms with Crippen molar-refractivity contribution in [3.05, 3.63) is 48.5 Å². The largest absolute Gasteiger partial charge is 0.497 e. The van der Waals surface area contributed by atoms with E-state index in [0.29, 0.717) is 36.8 Å². The van der Waals surface area contributed by atoms with Crippen LogP contribution in [0.1, 0.15) is 6.42 Å². The maximum atomic E-state index is 13.1. The highest BCUT2D eigenvalue weighted by Gasteiger charge is 2.38. The molecule has 2 saturated heterocycles. The highest BCUT2D eigenvalue weighted by Crippen LogP contribution is 2.36. The van der Waals surface area contributed by atoms with Gasteiger partial charge in [0.1, 0.15) is 11.5 Å². The molecular formula is C23H27N3O4. The quantitative estimate of drug-likeness (QED) is 0.759. The minimum absolute atomic E-state index is 0.0558. The summed E-state index contributed by atoms with van der Waals surface area (Å²) in [5.74, 6) is 0.900. The van der Waals surface area contributed by atoms with E-state index in [0.717, 1.165) is 13.1 Å². The van der Waals surface area contributed by atoms with E-state index in [2.05, 4.69) is 17.0 Å². The zero-order valence-electron chi connectivity index (χ0n) is 17.4. The first-order chi connectivity index (χ1) is 14.6. The fourth-order valence-corrected chi connectivity index (χ4v) is 4.20. The number of piperazine rings is 1. The average molecular weight is 409 g/mol. The molecule has 7 nitrogen and oxygen atoms in total. The van der Waals surface area contributed by atoms with Crippen LogP contribution in [0, 0.1) is 5.92 Å². The Morgan fingerprint density at radius 1 is 0.967 bits per heavy atom. The van der Waals surface area contributed by atoms with Crippen LogP contribution in [-0.4, -0.2) is 63.7 Å². The van der Waals surface area contributed by atoms with E-state index >= 15 is 0 Å². The summed E-state index contributed by atoms with van der Waals surface area (Å²) in [4.78, 5) is 31.6. The van der Waals surface area contributed by atoms with E-state index in [-0.39, 0.29) is 24.2 Å². The number of hydrogen-bond acceptors (Lipinski definition) is 5. The van der Waals surface area contributed by atoms with E-state index in [4.69, 9.17) is 9.47 Å². The predicted molar refractivity (Wildman–Crippen MR) is 115 cm³/mol. The molecular weight excluding hydrogens is 382 g/mol. The van der Waals surface area contributed by atoms with Crippen LogP contribution in [0.25, 0.3) is 0 Å². The molecule has 30 heavy (non-hydrogen) atoms. The Labute approximate surface area is 176 Å². The molecule has 2 aliphatic heterocycles. The van der Waals surface area contributed by atoms with E-state index < -0.39 is 0 Å². The van der Waals surface area contributed by atoms with Gasteiger partial charge in [0.05, 0.1) is 25.8 Å². The SMILES string of the molecule is COc1ccc(N2C[C@@H](C(=O)N3CCN(c4ccccc4)CC3)CC2=O)c(OC)c1. The van der Waals surface area contributed by atoms with Gasteiger partial charge in [0, 0.05) is 50.9 Å². The van der Waals surface area contributed by atoms with Gasteiger partial charge in [0.25, 0.3) is 0 Å². The van der Waals surface area contributed by atoms with E-state index in [1.807, 2.05) is 23.1 Å². The lowest BCUT2D eigenvalue weighted by molar-refractivity contribution is -0.136. The molecule has 0 radical (unpaired) electrons. The molecule has 0 aliphatic carbocycles. The highest BCUT2D eigenvalue weighted by atomic mass is 16.5. The molecule has 0 saturated carbocycles. The van der Waals surface area contributed by atoms with Crippen molar-refractivity contribution in [1.29, 1.82) is 0 Å². The molecule has 0 spiro atoms. The van der Waals surface area contributed by atoms with Crippen LogP contribution in [0.15, 0.2) is 48.5 Å². The Morgan fingerprint density at radius 2 is 1.70 bits per heavy atom. The number of para-hydroxylation sites is 1. The fraction of sp³-hybridized carbons (Fsp3) is 0.391. The first-order valence-electron chi connectivity index (χ1n) is 10.2. The Morgan fingerprint density at radius 3 is 2.37 bits per heavy atom. The number of carbonyl (C=O) groups excluding carboxylic acids is 2. The van der Waals surface area contributed by atoms with Gasteiger partial charge in [-0.3, -0.25) is 9.59 Å². The molecule has 2 fully saturated rings. The number of hydrogen-bond donors (Lipinski definition) is 0. The minimum Gasteiger partial charge on any atom is -0.497 e. The van der Waals surface area contributed by atoms with E-state index in [9.17, 15) is 9.59 Å². The number of methoxy groups -OCH3 is 2. The smallest absolute Gasteiger partial charge is 0.228 e. The first-order valence-corrected chi connectivity index (χ1v) is 10.2. The monoisotopic (exact) mass is 409 g/mol. The lowest BCUT2D eigenvalue weighted by Gasteiger charge is -2.37. The summed E-state index contributed by atoms with van der Waals surface area (Å²) in [6, 6.07) is 15.6. The molecule has 0 bridgehead atoms. The Balaban J connectivity index is 1.40. The summed E-state index contributed by atoms with van der Waals surface area (Å²) in [6.07, 6.45) is 0.229. The third-order valence-electron chi connectivity index (χ3n) is 5.86. The lowest BCUT2D eigenvalue weighted by Crippen LogP contribution is -2.50. The van der Waals surface area contributed by atoms with Gasteiger partial charge < -0.3 is 24.2 Å². The maximum Gasteiger partial charge on any atom is 0.228 e. The number of rotatable bonds is 5. The van der Waals surface area contributed by atoms with Crippen molar-refractivity contribution in [1.82, 2.24) is 4.90 Å². The molecule has 2 aromatic carbocycles. The third-order valence-corrected chi connectivity index (χ3v) is 5.86. The summed E-state index contributed by atoms with van der Waals surface area (Å²) >= 11 is 0. The molecule has 0 aromatic heterocycles. The van der Waals surface area contributed by atoms with Crippen molar-refractivity contribution in [2.75, 3.05) is 56.7 Å². The van der Waals surface area contributed by atoms with E-state index in [1.54, 1.807) is 37.3 Å². The molecule has 1 atom stereocenters. The van der Waals surface area contributed by atoms with Crippen molar-refractivity contribution in [2.45, 2.75) is 6.42 Å². The molecule has 7 heteroatoms.